The molecule has 1 unspecified atom stereocenters. The van der Waals surface area contributed by atoms with Crippen molar-refractivity contribution in [3.05, 3.63) is 119 Å². The van der Waals surface area contributed by atoms with Crippen LogP contribution in [0.2, 0.25) is 0 Å². The average Bonchev–Trinajstić information content (AvgIpc) is 4.04. The first-order chi connectivity index (χ1) is 32.6. The number of nitrogens with zero attached hydrogens (tertiary/aromatic N) is 6. The zero-order valence-corrected chi connectivity index (χ0v) is 38.4. The number of carbonyl (C=O) groups is 3. The zero-order chi connectivity index (χ0) is 47.2. The SMILES string of the molecule is C=C1CCC(N2Cc3cc(N4CC5(CN(CC6CCN(c7ccc(-c8cnc9[nH]cc(C(=O)c%10c(F)ccc(NS(=O)(=O)N%11CC[C@@H](F)C%11)c%10F)c9c8)cc7)CC6)C5)[C@H]4C)ccc3C2=O)C(=O)N1. The summed E-state index contributed by atoms with van der Waals surface area (Å²) in [5, 5.41) is 3.16. The summed E-state index contributed by atoms with van der Waals surface area (Å²) < 4.78 is 73.2. The number of pyridine rings is 1. The fourth-order valence-corrected chi connectivity index (χ4v) is 12.6. The number of rotatable bonds is 11. The van der Waals surface area contributed by atoms with E-state index in [4.69, 9.17) is 0 Å². The van der Waals surface area contributed by atoms with Crippen LogP contribution < -0.4 is 19.8 Å². The van der Waals surface area contributed by atoms with E-state index in [0.29, 0.717) is 59.2 Å². The Bertz CT molecular complexity index is 3010. The normalized spacial score (nSPS) is 23.3. The van der Waals surface area contributed by atoms with Gasteiger partial charge in [0.15, 0.2) is 5.82 Å². The Morgan fingerprint density at radius 2 is 1.69 bits per heavy atom. The molecule has 5 fully saturated rings. The predicted molar refractivity (Wildman–Crippen MR) is 252 cm³/mol. The second-order valence-corrected chi connectivity index (χ2v) is 21.2. The van der Waals surface area contributed by atoms with E-state index < -0.39 is 51.1 Å². The topological polar surface area (TPSA) is 154 Å². The molecule has 0 aliphatic carbocycles. The molecular formula is C50H52F3N9O5S. The van der Waals surface area contributed by atoms with Crippen molar-refractivity contribution in [2.75, 3.05) is 66.9 Å². The molecule has 3 aromatic carbocycles. The molecule has 2 aromatic heterocycles. The van der Waals surface area contributed by atoms with E-state index in [2.05, 4.69) is 67.8 Å². The van der Waals surface area contributed by atoms with E-state index >= 15 is 8.78 Å². The van der Waals surface area contributed by atoms with Gasteiger partial charge in [0, 0.05) is 122 Å². The number of nitrogens with one attached hydrogen (secondary N) is 3. The van der Waals surface area contributed by atoms with Gasteiger partial charge in [0.2, 0.25) is 11.7 Å². The van der Waals surface area contributed by atoms with Gasteiger partial charge in [-0.05, 0) is 105 Å². The minimum absolute atomic E-state index is 0.00770. The third kappa shape index (κ3) is 7.69. The fourth-order valence-electron chi connectivity index (χ4n) is 11.3. The maximum atomic E-state index is 15.8. The van der Waals surface area contributed by atoms with Crippen LogP contribution in [0.25, 0.3) is 22.2 Å². The predicted octanol–water partition coefficient (Wildman–Crippen LogP) is 6.61. The number of H-pyrrole nitrogens is 1. The molecule has 8 heterocycles. The Labute approximate surface area is 392 Å². The summed E-state index contributed by atoms with van der Waals surface area (Å²) in [4.78, 5) is 56.2. The smallest absolute Gasteiger partial charge is 0.301 e. The van der Waals surface area contributed by atoms with E-state index in [1.807, 2.05) is 22.9 Å². The number of likely N-dealkylation sites (tertiary alicyclic amines) is 1. The highest BCUT2D eigenvalue weighted by atomic mass is 32.2. The summed E-state index contributed by atoms with van der Waals surface area (Å²) in [6, 6.07) is 17.6. The Morgan fingerprint density at radius 1 is 0.926 bits per heavy atom. The van der Waals surface area contributed by atoms with Crippen LogP contribution in [0.3, 0.4) is 0 Å². The second-order valence-electron chi connectivity index (χ2n) is 19.5. The van der Waals surface area contributed by atoms with Gasteiger partial charge in [-0.1, -0.05) is 18.7 Å². The summed E-state index contributed by atoms with van der Waals surface area (Å²) >= 11 is 0. The standard InChI is InChI=1S/C50H52F3N9O5S/c1-29-3-12-43(48(64)56-29)61-24-34-19-37(8-9-38(34)49(61)65)62-28-50(30(62)2)26-58(27-50)23-31-13-16-59(17-14-31)36-6-4-32(5-7-36)33-20-39-40(22-55-47(39)54-21-33)46(63)44-41(52)10-11-42(45(44)53)57-68(66,67)60-18-15-35(51)25-60/h4-11,19-22,30-31,35,43,57H,1,3,12-18,23-28H2,2H3,(H,54,55)(H,56,64)/t30-,35-,43?/m1/s1. The quantitative estimate of drug-likeness (QED) is 0.124. The number of aromatic nitrogens is 2. The minimum Gasteiger partial charge on any atom is -0.372 e. The number of aromatic amines is 1. The van der Waals surface area contributed by atoms with Crippen molar-refractivity contribution in [1.82, 2.24) is 29.4 Å². The van der Waals surface area contributed by atoms with Crippen LogP contribution in [0, 0.1) is 23.0 Å². The molecule has 3 atom stereocenters. The maximum absolute atomic E-state index is 15.8. The summed E-state index contributed by atoms with van der Waals surface area (Å²) in [5.41, 5.74) is 5.18. The molecule has 3 N–H and O–H groups in total. The van der Waals surface area contributed by atoms with E-state index in [0.717, 1.165) is 91.0 Å². The van der Waals surface area contributed by atoms with Crippen LogP contribution in [-0.2, 0) is 21.5 Å². The van der Waals surface area contributed by atoms with Crippen molar-refractivity contribution in [1.29, 1.82) is 0 Å². The van der Waals surface area contributed by atoms with Gasteiger partial charge in [-0.3, -0.25) is 19.1 Å². The molecule has 6 aliphatic rings. The molecule has 5 aromatic rings. The van der Waals surface area contributed by atoms with Crippen molar-refractivity contribution in [2.45, 2.75) is 63.8 Å². The first-order valence-electron chi connectivity index (χ1n) is 23.3. The highest BCUT2D eigenvalue weighted by molar-refractivity contribution is 7.90. The molecule has 18 heteroatoms. The Kier molecular flexibility index (Phi) is 10.9. The van der Waals surface area contributed by atoms with Crippen LogP contribution in [0.15, 0.2) is 85.3 Å². The molecule has 0 radical (unpaired) electrons. The summed E-state index contributed by atoms with van der Waals surface area (Å²) in [5.74, 6) is -3.14. The average molecular weight is 948 g/mol. The van der Waals surface area contributed by atoms with Crippen molar-refractivity contribution >= 4 is 55.9 Å². The molecule has 354 valence electrons. The third-order valence-corrected chi connectivity index (χ3v) is 16.8. The molecule has 0 bridgehead atoms. The number of fused-ring (bicyclic) bond motifs is 2. The largest absolute Gasteiger partial charge is 0.372 e. The van der Waals surface area contributed by atoms with Gasteiger partial charge in [0.05, 0.1) is 11.3 Å². The van der Waals surface area contributed by atoms with Gasteiger partial charge in [0.25, 0.3) is 5.91 Å². The number of halogens is 3. The summed E-state index contributed by atoms with van der Waals surface area (Å²) in [6.45, 7) is 12.3. The second kappa shape index (κ2) is 16.8. The maximum Gasteiger partial charge on any atom is 0.301 e. The Balaban J connectivity index is 0.678. The fraction of sp³-hybridized carbons (Fsp3) is 0.400. The number of benzene rings is 3. The van der Waals surface area contributed by atoms with Crippen molar-refractivity contribution < 1.29 is 36.0 Å². The van der Waals surface area contributed by atoms with Gasteiger partial charge in [-0.15, -0.1) is 0 Å². The lowest BCUT2D eigenvalue weighted by molar-refractivity contribution is -0.126. The van der Waals surface area contributed by atoms with E-state index in [9.17, 15) is 27.2 Å². The number of amides is 2. The molecule has 0 saturated carbocycles. The highest BCUT2D eigenvalue weighted by Gasteiger charge is 2.57. The van der Waals surface area contributed by atoms with Gasteiger partial charge in [-0.25, -0.2) is 18.2 Å². The number of hydrogen-bond donors (Lipinski definition) is 3. The number of allylic oxidation sites excluding steroid dienone is 1. The van der Waals surface area contributed by atoms with Crippen LogP contribution in [0.5, 0.6) is 0 Å². The van der Waals surface area contributed by atoms with E-state index in [1.165, 1.54) is 6.20 Å². The molecule has 14 nitrogen and oxygen atoms in total. The van der Waals surface area contributed by atoms with Crippen LogP contribution >= 0.6 is 0 Å². The van der Waals surface area contributed by atoms with Crippen molar-refractivity contribution in [3.63, 3.8) is 0 Å². The number of piperidine rings is 2. The first kappa shape index (κ1) is 44.3. The lowest BCUT2D eigenvalue weighted by Crippen LogP contribution is -2.77. The van der Waals surface area contributed by atoms with Crippen molar-refractivity contribution in [2.24, 2.45) is 11.3 Å². The lowest BCUT2D eigenvalue weighted by atomic mass is 9.66. The summed E-state index contributed by atoms with van der Waals surface area (Å²) in [7, 11) is -4.35. The molecule has 6 aliphatic heterocycles. The van der Waals surface area contributed by atoms with Crippen LogP contribution in [0.4, 0.5) is 30.2 Å². The highest BCUT2D eigenvalue weighted by Crippen LogP contribution is 2.48. The number of ketones is 1. The molecular weight excluding hydrogens is 896 g/mol. The van der Waals surface area contributed by atoms with Gasteiger partial charge in [0.1, 0.15) is 23.7 Å². The van der Waals surface area contributed by atoms with E-state index in [-0.39, 0.29) is 42.3 Å². The molecule has 2 amide bonds. The van der Waals surface area contributed by atoms with Gasteiger partial charge >= 0.3 is 10.2 Å². The zero-order valence-electron chi connectivity index (χ0n) is 37.6. The number of carbonyl (C=O) groups excluding carboxylic acids is 3. The molecule has 68 heavy (non-hydrogen) atoms. The minimum atomic E-state index is -4.35. The lowest BCUT2D eigenvalue weighted by Gasteiger charge is -2.66. The van der Waals surface area contributed by atoms with Crippen LogP contribution in [0.1, 0.15) is 70.9 Å². The first-order valence-corrected chi connectivity index (χ1v) is 24.8. The Morgan fingerprint density at radius 3 is 2.41 bits per heavy atom. The molecule has 5 saturated heterocycles. The third-order valence-electron chi connectivity index (χ3n) is 15.3. The van der Waals surface area contributed by atoms with Gasteiger partial charge in [-0.2, -0.15) is 12.7 Å². The number of alkyl halides is 1. The molecule has 11 rings (SSSR count). The van der Waals surface area contributed by atoms with E-state index in [1.54, 1.807) is 17.2 Å². The number of hydrogen-bond acceptors (Lipinski definition) is 9. The van der Waals surface area contributed by atoms with Gasteiger partial charge < -0.3 is 29.9 Å². The Hall–Kier alpha value is -6.24. The molecule has 1 spiro atoms. The summed E-state index contributed by atoms with van der Waals surface area (Å²) in [6.07, 6.45) is 5.10. The monoisotopic (exact) mass is 947 g/mol. The van der Waals surface area contributed by atoms with Crippen LogP contribution in [-0.4, -0.2) is 121 Å². The number of anilines is 3. The van der Waals surface area contributed by atoms with Crippen molar-refractivity contribution in [3.8, 4) is 11.1 Å².